The van der Waals surface area contributed by atoms with Gasteiger partial charge < -0.3 is 10.1 Å². The molecule has 1 aliphatic heterocycles. The van der Waals surface area contributed by atoms with Gasteiger partial charge in [0, 0.05) is 32.2 Å². The van der Waals surface area contributed by atoms with E-state index in [9.17, 15) is 4.39 Å². The Hall–Kier alpha value is -1.39. The van der Waals surface area contributed by atoms with Crippen LogP contribution in [0, 0.1) is 5.82 Å². The monoisotopic (exact) mass is 278 g/mol. The van der Waals surface area contributed by atoms with E-state index < -0.39 is 0 Å². The summed E-state index contributed by atoms with van der Waals surface area (Å²) in [6.45, 7) is 7.76. The molecule has 4 heteroatoms. The fourth-order valence-electron chi connectivity index (χ4n) is 2.72. The third kappa shape index (κ3) is 3.58. The van der Waals surface area contributed by atoms with Gasteiger partial charge in [-0.25, -0.2) is 4.39 Å². The van der Waals surface area contributed by atoms with E-state index in [1.54, 1.807) is 12.1 Å². The van der Waals surface area contributed by atoms with Crippen molar-refractivity contribution in [1.82, 2.24) is 10.2 Å². The predicted octanol–water partition coefficient (Wildman–Crippen LogP) is 2.75. The van der Waals surface area contributed by atoms with E-state index in [-0.39, 0.29) is 11.9 Å². The van der Waals surface area contributed by atoms with E-state index >= 15 is 0 Å². The lowest BCUT2D eigenvalue weighted by Gasteiger charge is -2.35. The molecule has 1 aromatic carbocycles. The van der Waals surface area contributed by atoms with Crippen LogP contribution in [0.25, 0.3) is 0 Å². The Morgan fingerprint density at radius 1 is 1.45 bits per heavy atom. The standard InChI is InChI=1S/C16H23FN2O/c1-3-4-5-15(19-10-8-18-9-11-19)13-6-7-16(20-2)14(17)12-13/h3,6-7,12,15,18H,1,4-5,8-11H2,2H3/t15-/m0/s1. The normalized spacial score (nSPS) is 17.7. The number of hydrogen-bond acceptors (Lipinski definition) is 3. The van der Waals surface area contributed by atoms with Crippen molar-refractivity contribution in [3.63, 3.8) is 0 Å². The topological polar surface area (TPSA) is 24.5 Å². The molecule has 2 rings (SSSR count). The number of methoxy groups -OCH3 is 1. The van der Waals surface area contributed by atoms with Gasteiger partial charge >= 0.3 is 0 Å². The molecule has 1 aliphatic rings. The average molecular weight is 278 g/mol. The molecule has 0 spiro atoms. The number of allylic oxidation sites excluding steroid dienone is 1. The molecular formula is C16H23FN2O. The minimum absolute atomic E-state index is 0.246. The van der Waals surface area contributed by atoms with Crippen molar-refractivity contribution in [1.29, 1.82) is 0 Å². The van der Waals surface area contributed by atoms with Crippen molar-refractivity contribution >= 4 is 0 Å². The second-order valence-corrected chi connectivity index (χ2v) is 5.06. The first kappa shape index (κ1) is 15.0. The second kappa shape index (κ2) is 7.41. The fourth-order valence-corrected chi connectivity index (χ4v) is 2.72. The quantitative estimate of drug-likeness (QED) is 0.810. The zero-order valence-corrected chi connectivity index (χ0v) is 12.1. The highest BCUT2D eigenvalue weighted by Crippen LogP contribution is 2.29. The third-order valence-corrected chi connectivity index (χ3v) is 3.80. The summed E-state index contributed by atoms with van der Waals surface area (Å²) in [5, 5.41) is 3.35. The lowest BCUT2D eigenvalue weighted by atomic mass is 9.99. The number of piperazine rings is 1. The Balaban J connectivity index is 2.20. The van der Waals surface area contributed by atoms with E-state index in [0.29, 0.717) is 5.75 Å². The summed E-state index contributed by atoms with van der Waals surface area (Å²) < 4.78 is 18.9. The lowest BCUT2D eigenvalue weighted by molar-refractivity contribution is 0.166. The molecule has 0 aromatic heterocycles. The summed E-state index contributed by atoms with van der Waals surface area (Å²) in [7, 11) is 1.49. The van der Waals surface area contributed by atoms with Gasteiger partial charge in [-0.15, -0.1) is 6.58 Å². The zero-order valence-electron chi connectivity index (χ0n) is 12.1. The van der Waals surface area contributed by atoms with Crippen molar-refractivity contribution in [2.45, 2.75) is 18.9 Å². The van der Waals surface area contributed by atoms with Gasteiger partial charge in [0.2, 0.25) is 0 Å². The van der Waals surface area contributed by atoms with Crippen LogP contribution in [0.4, 0.5) is 4.39 Å². The van der Waals surface area contributed by atoms with Gasteiger partial charge in [-0.05, 0) is 30.5 Å². The molecule has 1 atom stereocenters. The fraction of sp³-hybridized carbons (Fsp3) is 0.500. The maximum absolute atomic E-state index is 13.9. The molecule has 0 bridgehead atoms. The van der Waals surface area contributed by atoms with Crippen molar-refractivity contribution in [2.24, 2.45) is 0 Å². The van der Waals surface area contributed by atoms with Gasteiger partial charge in [0.15, 0.2) is 11.6 Å². The molecule has 0 aliphatic carbocycles. The minimum atomic E-state index is -0.288. The van der Waals surface area contributed by atoms with E-state index in [1.807, 2.05) is 12.1 Å². The maximum Gasteiger partial charge on any atom is 0.165 e. The summed E-state index contributed by atoms with van der Waals surface area (Å²) >= 11 is 0. The summed E-state index contributed by atoms with van der Waals surface area (Å²) in [5.41, 5.74) is 1.02. The molecule has 0 radical (unpaired) electrons. The Kier molecular flexibility index (Phi) is 5.56. The van der Waals surface area contributed by atoms with Gasteiger partial charge in [-0.3, -0.25) is 4.90 Å². The third-order valence-electron chi connectivity index (χ3n) is 3.80. The van der Waals surface area contributed by atoms with Gasteiger partial charge in [0.25, 0.3) is 0 Å². The smallest absolute Gasteiger partial charge is 0.165 e. The SMILES string of the molecule is C=CCC[C@@H](c1ccc(OC)c(F)c1)N1CCNCC1. The van der Waals surface area contributed by atoms with E-state index in [2.05, 4.69) is 16.8 Å². The number of nitrogens with zero attached hydrogens (tertiary/aromatic N) is 1. The highest BCUT2D eigenvalue weighted by molar-refractivity contribution is 5.31. The largest absolute Gasteiger partial charge is 0.494 e. The van der Waals surface area contributed by atoms with Crippen LogP contribution in [-0.2, 0) is 0 Å². The van der Waals surface area contributed by atoms with E-state index in [0.717, 1.165) is 44.6 Å². The molecule has 110 valence electrons. The molecule has 20 heavy (non-hydrogen) atoms. The van der Waals surface area contributed by atoms with Gasteiger partial charge in [-0.2, -0.15) is 0 Å². The van der Waals surface area contributed by atoms with Crippen LogP contribution >= 0.6 is 0 Å². The summed E-state index contributed by atoms with van der Waals surface area (Å²) in [5.74, 6) is 0.0141. The molecule has 0 unspecified atom stereocenters. The number of ether oxygens (including phenoxy) is 1. The molecule has 1 saturated heterocycles. The van der Waals surface area contributed by atoms with Crippen molar-refractivity contribution in [3.05, 3.63) is 42.2 Å². The van der Waals surface area contributed by atoms with Gasteiger partial charge in [0.1, 0.15) is 0 Å². The molecular weight excluding hydrogens is 255 g/mol. The number of hydrogen-bond donors (Lipinski definition) is 1. The first-order valence-corrected chi connectivity index (χ1v) is 7.15. The Morgan fingerprint density at radius 3 is 2.80 bits per heavy atom. The highest BCUT2D eigenvalue weighted by Gasteiger charge is 2.22. The molecule has 0 amide bonds. The Morgan fingerprint density at radius 2 is 2.20 bits per heavy atom. The van der Waals surface area contributed by atoms with Crippen LogP contribution in [0.3, 0.4) is 0 Å². The predicted molar refractivity (Wildman–Crippen MR) is 79.6 cm³/mol. The molecule has 1 heterocycles. The first-order valence-electron chi connectivity index (χ1n) is 7.15. The van der Waals surface area contributed by atoms with Crippen molar-refractivity contribution in [3.8, 4) is 5.75 Å². The van der Waals surface area contributed by atoms with Crippen molar-refractivity contribution < 1.29 is 9.13 Å². The van der Waals surface area contributed by atoms with E-state index in [1.165, 1.54) is 7.11 Å². The number of benzene rings is 1. The summed E-state index contributed by atoms with van der Waals surface area (Å²) in [6, 6.07) is 5.54. The van der Waals surface area contributed by atoms with Crippen LogP contribution in [-0.4, -0.2) is 38.2 Å². The molecule has 0 saturated carbocycles. The van der Waals surface area contributed by atoms with Crippen LogP contribution in [0.2, 0.25) is 0 Å². The molecule has 3 nitrogen and oxygen atoms in total. The number of rotatable bonds is 6. The minimum Gasteiger partial charge on any atom is -0.494 e. The molecule has 1 N–H and O–H groups in total. The van der Waals surface area contributed by atoms with Gasteiger partial charge in [-0.1, -0.05) is 12.1 Å². The maximum atomic E-state index is 13.9. The van der Waals surface area contributed by atoms with Crippen molar-refractivity contribution in [2.75, 3.05) is 33.3 Å². The van der Waals surface area contributed by atoms with E-state index in [4.69, 9.17) is 4.74 Å². The zero-order chi connectivity index (χ0) is 14.4. The van der Waals surface area contributed by atoms with Crippen LogP contribution in [0.5, 0.6) is 5.75 Å². The number of nitrogens with one attached hydrogen (secondary N) is 1. The summed E-state index contributed by atoms with van der Waals surface area (Å²) in [4.78, 5) is 2.42. The molecule has 1 fully saturated rings. The van der Waals surface area contributed by atoms with Crippen LogP contribution in [0.1, 0.15) is 24.4 Å². The molecule has 1 aromatic rings. The first-order chi connectivity index (χ1) is 9.76. The summed E-state index contributed by atoms with van der Waals surface area (Å²) in [6.07, 6.45) is 3.83. The average Bonchev–Trinajstić information content (AvgIpc) is 2.49. The van der Waals surface area contributed by atoms with Gasteiger partial charge in [0.05, 0.1) is 7.11 Å². The lowest BCUT2D eigenvalue weighted by Crippen LogP contribution is -2.45. The Labute approximate surface area is 120 Å². The van der Waals surface area contributed by atoms with Crippen LogP contribution in [0.15, 0.2) is 30.9 Å². The Bertz CT molecular complexity index is 444. The highest BCUT2D eigenvalue weighted by atomic mass is 19.1. The number of halogens is 1. The van der Waals surface area contributed by atoms with Crippen LogP contribution < -0.4 is 10.1 Å². The second-order valence-electron chi connectivity index (χ2n) is 5.06.